The Morgan fingerprint density at radius 1 is 1.53 bits per heavy atom. The molecule has 80 valence electrons. The molecule has 0 saturated carbocycles. The molecule has 0 aliphatic rings. The molecular weight excluding hydrogens is 281 g/mol. The first kappa shape index (κ1) is 11.6. The number of H-pyrrole nitrogens is 1. The van der Waals surface area contributed by atoms with Crippen LogP contribution in [0.4, 0.5) is 13.2 Å². The lowest BCUT2D eigenvalue weighted by Crippen LogP contribution is -2.21. The van der Waals surface area contributed by atoms with Crippen molar-refractivity contribution in [2.24, 2.45) is 0 Å². The third-order valence-electron chi connectivity index (χ3n) is 1.30. The highest BCUT2D eigenvalue weighted by molar-refractivity contribution is 9.10. The quantitative estimate of drug-likeness (QED) is 0.800. The van der Waals surface area contributed by atoms with Gasteiger partial charge in [0.1, 0.15) is 6.07 Å². The summed E-state index contributed by atoms with van der Waals surface area (Å²) in [5, 5.41) is 8.45. The van der Waals surface area contributed by atoms with Gasteiger partial charge in [-0.05, 0) is 15.9 Å². The van der Waals surface area contributed by atoms with E-state index in [4.69, 9.17) is 5.26 Å². The fraction of sp³-hybridized carbons (Fsp3) is 0.143. The second-order valence-corrected chi connectivity index (χ2v) is 3.20. The predicted octanol–water partition coefficient (Wildman–Crippen LogP) is 1.91. The van der Waals surface area contributed by atoms with Crippen LogP contribution >= 0.6 is 15.9 Å². The van der Waals surface area contributed by atoms with Gasteiger partial charge >= 0.3 is 6.36 Å². The molecule has 0 spiro atoms. The lowest BCUT2D eigenvalue weighted by atomic mass is 10.3. The molecule has 0 unspecified atom stereocenters. The molecule has 4 nitrogen and oxygen atoms in total. The molecule has 0 aliphatic heterocycles. The number of aromatic amines is 1. The molecule has 15 heavy (non-hydrogen) atoms. The second kappa shape index (κ2) is 3.94. The highest BCUT2D eigenvalue weighted by Gasteiger charge is 2.32. The minimum Gasteiger partial charge on any atom is -0.404 e. The van der Waals surface area contributed by atoms with Crippen molar-refractivity contribution in [3.63, 3.8) is 0 Å². The first-order valence-corrected chi connectivity index (χ1v) is 4.21. The van der Waals surface area contributed by atoms with E-state index in [1.165, 1.54) is 6.07 Å². The van der Waals surface area contributed by atoms with Gasteiger partial charge in [0.2, 0.25) is 0 Å². The molecule has 0 aliphatic carbocycles. The minimum atomic E-state index is -4.95. The van der Waals surface area contributed by atoms with Crippen molar-refractivity contribution in [1.82, 2.24) is 4.98 Å². The van der Waals surface area contributed by atoms with Crippen molar-refractivity contribution in [2.45, 2.75) is 6.36 Å². The van der Waals surface area contributed by atoms with Crippen LogP contribution in [-0.2, 0) is 0 Å². The number of nitrogens with one attached hydrogen (secondary N) is 1. The molecule has 1 rings (SSSR count). The summed E-state index contributed by atoms with van der Waals surface area (Å²) in [4.78, 5) is 13.1. The number of hydrogen-bond donors (Lipinski definition) is 1. The van der Waals surface area contributed by atoms with E-state index in [1.54, 1.807) is 0 Å². The highest BCUT2D eigenvalue weighted by atomic mass is 79.9. The van der Waals surface area contributed by atoms with Crippen molar-refractivity contribution in [1.29, 1.82) is 5.26 Å². The average Bonchev–Trinajstić information content (AvgIpc) is 1.99. The summed E-state index contributed by atoms with van der Waals surface area (Å²) in [6.45, 7) is 0. The first-order chi connectivity index (χ1) is 6.83. The summed E-state index contributed by atoms with van der Waals surface area (Å²) in [5.41, 5.74) is -1.68. The van der Waals surface area contributed by atoms with Crippen LogP contribution in [0.15, 0.2) is 15.5 Å². The molecular formula is C7H2BrF3N2O2. The van der Waals surface area contributed by atoms with Crippen LogP contribution in [0.25, 0.3) is 0 Å². The van der Waals surface area contributed by atoms with E-state index in [0.29, 0.717) is 0 Å². The Kier molecular flexibility index (Phi) is 3.04. The van der Waals surface area contributed by atoms with Crippen LogP contribution in [0.5, 0.6) is 5.75 Å². The first-order valence-electron chi connectivity index (χ1n) is 3.42. The number of aromatic nitrogens is 1. The number of nitriles is 1. The molecule has 0 fully saturated rings. The predicted molar refractivity (Wildman–Crippen MR) is 46.2 cm³/mol. The smallest absolute Gasteiger partial charge is 0.404 e. The molecule has 1 heterocycles. The average molecular weight is 283 g/mol. The molecule has 0 radical (unpaired) electrons. The van der Waals surface area contributed by atoms with E-state index in [1.807, 2.05) is 0 Å². The summed E-state index contributed by atoms with van der Waals surface area (Å²) < 4.78 is 39.1. The summed E-state index contributed by atoms with van der Waals surface area (Å²) in [7, 11) is 0. The number of nitrogens with zero attached hydrogens (tertiary/aromatic N) is 1. The number of ether oxygens (including phenoxy) is 1. The van der Waals surface area contributed by atoms with Crippen molar-refractivity contribution >= 4 is 15.9 Å². The van der Waals surface area contributed by atoms with Gasteiger partial charge in [-0.15, -0.1) is 13.2 Å². The molecule has 8 heteroatoms. The zero-order valence-electron chi connectivity index (χ0n) is 6.85. The van der Waals surface area contributed by atoms with Gasteiger partial charge in [-0.1, -0.05) is 0 Å². The van der Waals surface area contributed by atoms with Crippen molar-refractivity contribution in [3.8, 4) is 11.8 Å². The Bertz CT molecular complexity index is 475. The molecule has 0 saturated heterocycles. The van der Waals surface area contributed by atoms with Crippen LogP contribution in [0.2, 0.25) is 0 Å². The summed E-state index contributed by atoms with van der Waals surface area (Å²) in [5.74, 6) is -0.833. The maximum absolute atomic E-state index is 11.9. The number of halogens is 4. The van der Waals surface area contributed by atoms with Gasteiger partial charge in [0.15, 0.2) is 11.3 Å². The fourth-order valence-electron chi connectivity index (χ4n) is 0.817. The summed E-state index contributed by atoms with van der Waals surface area (Å²) >= 11 is 2.77. The number of rotatable bonds is 1. The molecule has 0 aromatic carbocycles. The van der Waals surface area contributed by atoms with E-state index < -0.39 is 23.2 Å². The molecule has 1 N–H and O–H groups in total. The Labute approximate surface area is 89.4 Å². The monoisotopic (exact) mass is 282 g/mol. The topological polar surface area (TPSA) is 65.9 Å². The third-order valence-corrected chi connectivity index (χ3v) is 1.73. The van der Waals surface area contributed by atoms with Gasteiger partial charge < -0.3 is 9.72 Å². The second-order valence-electron chi connectivity index (χ2n) is 2.35. The third kappa shape index (κ3) is 2.99. The Hall–Kier alpha value is -1.49. The van der Waals surface area contributed by atoms with Crippen molar-refractivity contribution < 1.29 is 17.9 Å². The number of pyridine rings is 1. The zero-order valence-corrected chi connectivity index (χ0v) is 8.44. The maximum Gasteiger partial charge on any atom is 0.573 e. The van der Waals surface area contributed by atoms with E-state index in [-0.39, 0.29) is 4.60 Å². The molecule has 1 aromatic rings. The number of hydrogen-bond acceptors (Lipinski definition) is 3. The Balaban J connectivity index is 3.29. The normalized spacial score (nSPS) is 10.9. The van der Waals surface area contributed by atoms with Crippen molar-refractivity contribution in [3.05, 3.63) is 26.6 Å². The van der Waals surface area contributed by atoms with Gasteiger partial charge in [0.05, 0.1) is 4.60 Å². The Morgan fingerprint density at radius 3 is 2.60 bits per heavy atom. The molecule has 0 amide bonds. The van der Waals surface area contributed by atoms with Gasteiger partial charge in [-0.25, -0.2) is 0 Å². The summed E-state index contributed by atoms with van der Waals surface area (Å²) in [6, 6.07) is 2.18. The molecule has 0 atom stereocenters. The largest absolute Gasteiger partial charge is 0.573 e. The van der Waals surface area contributed by atoms with Crippen LogP contribution in [0.3, 0.4) is 0 Å². The van der Waals surface area contributed by atoms with E-state index >= 15 is 0 Å². The minimum absolute atomic E-state index is 0.00856. The van der Waals surface area contributed by atoms with Gasteiger partial charge in [-0.3, -0.25) is 4.79 Å². The van der Waals surface area contributed by atoms with Crippen LogP contribution < -0.4 is 10.3 Å². The standard InChI is InChI=1S/C7H2BrF3N2O2/c8-5-1-4(15-7(9,10)11)3(2-12)6(14)13-5/h1H,(H,13,14). The van der Waals surface area contributed by atoms with Crippen LogP contribution in [0, 0.1) is 11.3 Å². The van der Waals surface area contributed by atoms with E-state index in [0.717, 1.165) is 6.07 Å². The van der Waals surface area contributed by atoms with Crippen LogP contribution in [-0.4, -0.2) is 11.3 Å². The van der Waals surface area contributed by atoms with Crippen molar-refractivity contribution in [2.75, 3.05) is 0 Å². The summed E-state index contributed by atoms with van der Waals surface area (Å²) in [6.07, 6.45) is -4.95. The van der Waals surface area contributed by atoms with Crippen LogP contribution in [0.1, 0.15) is 5.56 Å². The molecule has 1 aromatic heterocycles. The lowest BCUT2D eigenvalue weighted by Gasteiger charge is -2.09. The van der Waals surface area contributed by atoms with Gasteiger partial charge in [0.25, 0.3) is 5.56 Å². The molecule has 0 bridgehead atoms. The zero-order chi connectivity index (χ0) is 11.6. The number of alkyl halides is 3. The fourth-order valence-corrected chi connectivity index (χ4v) is 1.21. The highest BCUT2D eigenvalue weighted by Crippen LogP contribution is 2.25. The van der Waals surface area contributed by atoms with E-state index in [2.05, 4.69) is 25.7 Å². The SMILES string of the molecule is N#Cc1c(OC(F)(F)F)cc(Br)[nH]c1=O. The lowest BCUT2D eigenvalue weighted by molar-refractivity contribution is -0.274. The maximum atomic E-state index is 11.9. The Morgan fingerprint density at radius 2 is 2.13 bits per heavy atom. The van der Waals surface area contributed by atoms with E-state index in [9.17, 15) is 18.0 Å². The van der Waals surface area contributed by atoms with Gasteiger partial charge in [0, 0.05) is 6.07 Å². The van der Waals surface area contributed by atoms with Gasteiger partial charge in [-0.2, -0.15) is 5.26 Å².